The Morgan fingerprint density at radius 1 is 1.13 bits per heavy atom. The quantitative estimate of drug-likeness (QED) is 0.565. The molecule has 0 bridgehead atoms. The van der Waals surface area contributed by atoms with Crippen LogP contribution < -0.4 is 4.74 Å². The highest BCUT2D eigenvalue weighted by Gasteiger charge is 2.32. The molecule has 0 aliphatic carbocycles. The van der Waals surface area contributed by atoms with Crippen LogP contribution in [0.25, 0.3) is 22.4 Å². The molecule has 3 rings (SSSR count). The molecule has 0 radical (unpaired) electrons. The van der Waals surface area contributed by atoms with Gasteiger partial charge in [0.2, 0.25) is 0 Å². The van der Waals surface area contributed by atoms with Crippen LogP contribution in [-0.4, -0.2) is 31.3 Å². The summed E-state index contributed by atoms with van der Waals surface area (Å²) in [6.45, 7) is 0.573. The van der Waals surface area contributed by atoms with Crippen LogP contribution in [-0.2, 0) is 16.4 Å². The van der Waals surface area contributed by atoms with Crippen molar-refractivity contribution in [1.82, 2.24) is 5.16 Å². The fraction of sp³-hybridized carbons (Fsp3) is 0.211. The SMILES string of the molecule is Cc1cc(-c2noc(CO)c2-c2cc(F)c(S(C)(=O)=O)cc2F)ccc1OC(F)(F)F. The molecule has 12 heteroatoms. The van der Waals surface area contributed by atoms with E-state index in [-0.39, 0.29) is 28.1 Å². The number of aromatic nitrogens is 1. The molecular formula is C19H14F5NO5S. The molecule has 0 unspecified atom stereocenters. The summed E-state index contributed by atoms with van der Waals surface area (Å²) in [5.74, 6) is -3.10. The molecular weight excluding hydrogens is 449 g/mol. The maximum absolute atomic E-state index is 14.7. The molecule has 2 aromatic carbocycles. The Hall–Kier alpha value is -2.99. The van der Waals surface area contributed by atoms with E-state index in [0.29, 0.717) is 18.4 Å². The number of aliphatic hydroxyl groups excluding tert-OH is 1. The summed E-state index contributed by atoms with van der Waals surface area (Å²) in [4.78, 5) is -0.859. The number of sulfone groups is 1. The lowest BCUT2D eigenvalue weighted by molar-refractivity contribution is -0.274. The van der Waals surface area contributed by atoms with Gasteiger partial charge in [0.05, 0.1) is 5.56 Å². The first-order chi connectivity index (χ1) is 14.3. The fourth-order valence-corrected chi connectivity index (χ4v) is 3.68. The number of nitrogens with zero attached hydrogens (tertiary/aromatic N) is 1. The minimum atomic E-state index is -4.91. The fourth-order valence-electron chi connectivity index (χ4n) is 2.95. The third-order valence-corrected chi connectivity index (χ3v) is 5.38. The smallest absolute Gasteiger partial charge is 0.406 e. The molecule has 0 aliphatic rings. The second-order valence-electron chi connectivity index (χ2n) is 6.55. The number of benzene rings is 2. The van der Waals surface area contributed by atoms with Crippen molar-refractivity contribution in [1.29, 1.82) is 0 Å². The van der Waals surface area contributed by atoms with Gasteiger partial charge < -0.3 is 14.4 Å². The standard InChI is InChI=1S/C19H14F5NO5S/c1-9-5-10(3-4-14(9)29-19(22,23)24)18-17(15(8-26)30-25-18)11-6-13(21)16(7-12(11)20)31(2,27)28/h3-7,26H,8H2,1-2H3. The van der Waals surface area contributed by atoms with E-state index < -0.39 is 50.6 Å². The average molecular weight is 463 g/mol. The number of ether oxygens (including phenoxy) is 1. The second-order valence-corrected chi connectivity index (χ2v) is 8.53. The summed E-state index contributed by atoms with van der Waals surface area (Å²) in [5.41, 5.74) is -0.497. The molecule has 0 saturated heterocycles. The molecule has 166 valence electrons. The topological polar surface area (TPSA) is 89.6 Å². The number of hydrogen-bond donors (Lipinski definition) is 1. The van der Waals surface area contributed by atoms with E-state index in [9.17, 15) is 35.5 Å². The predicted octanol–water partition coefficient (Wildman–Crippen LogP) is 4.39. The average Bonchev–Trinajstić information content (AvgIpc) is 3.06. The van der Waals surface area contributed by atoms with Crippen molar-refractivity contribution in [2.45, 2.75) is 24.8 Å². The molecule has 3 aromatic rings. The highest BCUT2D eigenvalue weighted by atomic mass is 32.2. The van der Waals surface area contributed by atoms with Crippen molar-refractivity contribution >= 4 is 9.84 Å². The molecule has 6 nitrogen and oxygen atoms in total. The minimum Gasteiger partial charge on any atom is -0.406 e. The lowest BCUT2D eigenvalue weighted by atomic mass is 9.97. The van der Waals surface area contributed by atoms with Gasteiger partial charge in [0.1, 0.15) is 34.6 Å². The van der Waals surface area contributed by atoms with Gasteiger partial charge in [-0.2, -0.15) is 0 Å². The Bertz CT molecular complexity index is 1250. The number of alkyl halides is 3. The Kier molecular flexibility index (Phi) is 5.80. The van der Waals surface area contributed by atoms with Gasteiger partial charge >= 0.3 is 6.36 Å². The van der Waals surface area contributed by atoms with Gasteiger partial charge in [0, 0.05) is 17.4 Å². The third-order valence-electron chi connectivity index (χ3n) is 4.27. The van der Waals surface area contributed by atoms with Crippen LogP contribution in [0.4, 0.5) is 22.0 Å². The van der Waals surface area contributed by atoms with Crippen LogP contribution in [0, 0.1) is 18.6 Å². The van der Waals surface area contributed by atoms with Gasteiger partial charge in [-0.15, -0.1) is 13.2 Å². The maximum atomic E-state index is 14.7. The van der Waals surface area contributed by atoms with E-state index in [1.807, 2.05) is 0 Å². The Balaban J connectivity index is 2.17. The Morgan fingerprint density at radius 3 is 2.35 bits per heavy atom. The first-order valence-corrected chi connectivity index (χ1v) is 10.4. The number of hydrogen-bond acceptors (Lipinski definition) is 6. The van der Waals surface area contributed by atoms with Gasteiger partial charge in [-0.25, -0.2) is 17.2 Å². The van der Waals surface area contributed by atoms with Crippen molar-refractivity contribution < 1.29 is 44.7 Å². The number of rotatable bonds is 5. The number of halogens is 5. The first-order valence-electron chi connectivity index (χ1n) is 8.47. The van der Waals surface area contributed by atoms with E-state index in [2.05, 4.69) is 9.89 Å². The minimum absolute atomic E-state index is 0.0633. The van der Waals surface area contributed by atoms with Gasteiger partial charge in [0.25, 0.3) is 0 Å². The maximum Gasteiger partial charge on any atom is 0.573 e. The van der Waals surface area contributed by atoms with E-state index in [0.717, 1.165) is 6.07 Å². The van der Waals surface area contributed by atoms with Crippen LogP contribution in [0.5, 0.6) is 5.75 Å². The van der Waals surface area contributed by atoms with Crippen molar-refractivity contribution in [2.75, 3.05) is 6.26 Å². The summed E-state index contributed by atoms with van der Waals surface area (Å²) >= 11 is 0. The zero-order valence-corrected chi connectivity index (χ0v) is 16.7. The van der Waals surface area contributed by atoms with E-state index >= 15 is 0 Å². The molecule has 0 amide bonds. The van der Waals surface area contributed by atoms with Crippen LogP contribution in [0.1, 0.15) is 11.3 Å². The van der Waals surface area contributed by atoms with Gasteiger partial charge in [-0.1, -0.05) is 5.16 Å². The van der Waals surface area contributed by atoms with Crippen molar-refractivity contribution in [3.8, 4) is 28.1 Å². The zero-order chi connectivity index (χ0) is 23.1. The monoisotopic (exact) mass is 463 g/mol. The molecule has 1 N–H and O–H groups in total. The molecule has 31 heavy (non-hydrogen) atoms. The van der Waals surface area contributed by atoms with Crippen LogP contribution in [0.2, 0.25) is 0 Å². The highest BCUT2D eigenvalue weighted by Crippen LogP contribution is 2.39. The van der Waals surface area contributed by atoms with E-state index in [1.165, 1.54) is 19.1 Å². The van der Waals surface area contributed by atoms with Gasteiger partial charge in [-0.05, 0) is 42.8 Å². The molecule has 1 heterocycles. The largest absolute Gasteiger partial charge is 0.573 e. The first kappa shape index (κ1) is 22.7. The highest BCUT2D eigenvalue weighted by molar-refractivity contribution is 7.90. The normalized spacial score (nSPS) is 12.3. The third kappa shape index (κ3) is 4.69. The van der Waals surface area contributed by atoms with E-state index in [1.54, 1.807) is 0 Å². The van der Waals surface area contributed by atoms with Gasteiger partial charge in [-0.3, -0.25) is 0 Å². The van der Waals surface area contributed by atoms with Crippen molar-refractivity contribution in [3.63, 3.8) is 0 Å². The summed E-state index contributed by atoms with van der Waals surface area (Å²) < 4.78 is 98.7. The van der Waals surface area contributed by atoms with E-state index in [4.69, 9.17) is 4.52 Å². The lowest BCUT2D eigenvalue weighted by Gasteiger charge is -2.12. The molecule has 0 atom stereocenters. The Labute approximate surface area is 172 Å². The van der Waals surface area contributed by atoms with Gasteiger partial charge in [0.15, 0.2) is 15.6 Å². The van der Waals surface area contributed by atoms with Crippen LogP contribution in [0.3, 0.4) is 0 Å². The van der Waals surface area contributed by atoms with Crippen molar-refractivity contribution in [3.05, 3.63) is 53.3 Å². The summed E-state index contributed by atoms with van der Waals surface area (Å²) in [7, 11) is -4.05. The summed E-state index contributed by atoms with van der Waals surface area (Å²) in [6, 6.07) is 4.57. The molecule has 0 fully saturated rings. The molecule has 0 spiro atoms. The summed E-state index contributed by atoms with van der Waals surface area (Å²) in [6.07, 6.45) is -4.20. The van der Waals surface area contributed by atoms with Crippen LogP contribution in [0.15, 0.2) is 39.8 Å². The van der Waals surface area contributed by atoms with Crippen molar-refractivity contribution in [2.24, 2.45) is 0 Å². The second kappa shape index (κ2) is 7.93. The lowest BCUT2D eigenvalue weighted by Crippen LogP contribution is -2.17. The number of aryl methyl sites for hydroxylation is 1. The molecule has 1 aromatic heterocycles. The number of aliphatic hydroxyl groups is 1. The summed E-state index contributed by atoms with van der Waals surface area (Å²) in [5, 5.41) is 13.2. The predicted molar refractivity (Wildman–Crippen MR) is 97.7 cm³/mol. The molecule has 0 aliphatic heterocycles. The molecule has 0 saturated carbocycles. The zero-order valence-electron chi connectivity index (χ0n) is 15.9. The Morgan fingerprint density at radius 2 is 1.81 bits per heavy atom. The van der Waals surface area contributed by atoms with Crippen LogP contribution >= 0.6 is 0 Å².